The van der Waals surface area contributed by atoms with Gasteiger partial charge in [0.05, 0.1) is 18.5 Å². The van der Waals surface area contributed by atoms with Crippen LogP contribution in [0.5, 0.6) is 0 Å². The van der Waals surface area contributed by atoms with Gasteiger partial charge in [0.15, 0.2) is 0 Å². The number of nitrogens with two attached hydrogens (primary N) is 2. The Morgan fingerprint density at radius 3 is 2.70 bits per heavy atom. The highest BCUT2D eigenvalue weighted by Gasteiger charge is 2.20. The molecule has 0 bridgehead atoms. The van der Waals surface area contributed by atoms with Crippen molar-refractivity contribution in [1.29, 1.82) is 0 Å². The summed E-state index contributed by atoms with van der Waals surface area (Å²) in [5.41, 5.74) is 11.3. The van der Waals surface area contributed by atoms with Gasteiger partial charge < -0.3 is 21.2 Å². The molecule has 0 saturated heterocycles. The fraction of sp³-hybridized carbons (Fsp3) is 0.286. The fourth-order valence-electron chi connectivity index (χ4n) is 1.92. The van der Waals surface area contributed by atoms with Crippen LogP contribution in [-0.4, -0.2) is 17.9 Å². The molecule has 106 valence electrons. The molecular formula is C14H17N3O3. The smallest absolute Gasteiger partial charge is 0.238 e. The topological polar surface area (TPSA) is 111 Å². The van der Waals surface area contributed by atoms with E-state index in [4.69, 9.17) is 15.9 Å². The Hall–Kier alpha value is -2.34. The average molecular weight is 275 g/mol. The zero-order chi connectivity index (χ0) is 14.7. The molecule has 1 aromatic carbocycles. The molecule has 2 unspecified atom stereocenters. The van der Waals surface area contributed by atoms with Gasteiger partial charge in [-0.05, 0) is 19.1 Å². The summed E-state index contributed by atoms with van der Waals surface area (Å²) in [4.78, 5) is 22.5. The number of hydrogen-bond donors (Lipinski definition) is 3. The highest BCUT2D eigenvalue weighted by Crippen LogP contribution is 2.23. The van der Waals surface area contributed by atoms with Crippen molar-refractivity contribution >= 4 is 22.8 Å². The molecule has 0 spiro atoms. The molecule has 1 heterocycles. The zero-order valence-corrected chi connectivity index (χ0v) is 11.1. The Balaban J connectivity index is 2.05. The zero-order valence-electron chi connectivity index (χ0n) is 11.1. The van der Waals surface area contributed by atoms with Crippen LogP contribution in [0.15, 0.2) is 34.7 Å². The Kier molecular flexibility index (Phi) is 4.05. The second-order valence-electron chi connectivity index (χ2n) is 4.69. The van der Waals surface area contributed by atoms with Crippen molar-refractivity contribution in [1.82, 2.24) is 5.32 Å². The number of para-hydroxylation sites is 1. The van der Waals surface area contributed by atoms with Gasteiger partial charge in [-0.1, -0.05) is 18.2 Å². The van der Waals surface area contributed by atoms with Crippen LogP contribution in [0.2, 0.25) is 0 Å². The largest absolute Gasteiger partial charge is 0.459 e. The predicted octanol–water partition coefficient (Wildman–Crippen LogP) is 0.813. The molecule has 20 heavy (non-hydrogen) atoms. The lowest BCUT2D eigenvalue weighted by molar-refractivity contribution is -0.126. The summed E-state index contributed by atoms with van der Waals surface area (Å²) in [5, 5.41) is 3.66. The van der Waals surface area contributed by atoms with Gasteiger partial charge in [-0.2, -0.15) is 0 Å². The number of furan rings is 1. The van der Waals surface area contributed by atoms with Gasteiger partial charge in [-0.15, -0.1) is 0 Å². The first-order chi connectivity index (χ1) is 9.47. The van der Waals surface area contributed by atoms with E-state index in [-0.39, 0.29) is 12.5 Å². The molecule has 2 amide bonds. The van der Waals surface area contributed by atoms with Crippen molar-refractivity contribution in [2.24, 2.45) is 11.5 Å². The molecule has 0 radical (unpaired) electrons. The number of rotatable bonds is 5. The van der Waals surface area contributed by atoms with Crippen LogP contribution in [0.25, 0.3) is 11.0 Å². The van der Waals surface area contributed by atoms with Gasteiger partial charge in [0.25, 0.3) is 0 Å². The summed E-state index contributed by atoms with van der Waals surface area (Å²) in [6.45, 7) is 1.78. The Bertz CT molecular complexity index is 602. The molecule has 0 aliphatic heterocycles. The highest BCUT2D eigenvalue weighted by molar-refractivity contribution is 5.87. The van der Waals surface area contributed by atoms with E-state index in [9.17, 15) is 9.59 Å². The summed E-state index contributed by atoms with van der Waals surface area (Å²) >= 11 is 0. The summed E-state index contributed by atoms with van der Waals surface area (Å²) in [7, 11) is 0. The monoisotopic (exact) mass is 275 g/mol. The van der Waals surface area contributed by atoms with Crippen LogP contribution in [0.3, 0.4) is 0 Å². The van der Waals surface area contributed by atoms with E-state index in [1.165, 1.54) is 0 Å². The minimum Gasteiger partial charge on any atom is -0.459 e. The number of carbonyl (C=O) groups is 2. The first kappa shape index (κ1) is 14.1. The normalized spacial score (nSPS) is 13.9. The van der Waals surface area contributed by atoms with E-state index >= 15 is 0 Å². The SMILES string of the molecule is CC(NC(=O)C(N)CC(N)=O)c1cc2ccccc2o1. The first-order valence-electron chi connectivity index (χ1n) is 6.30. The molecule has 0 aliphatic carbocycles. The summed E-state index contributed by atoms with van der Waals surface area (Å²) in [5.74, 6) is -0.411. The summed E-state index contributed by atoms with van der Waals surface area (Å²) in [6.07, 6.45) is -0.182. The number of benzene rings is 1. The molecule has 0 fully saturated rings. The molecule has 0 saturated carbocycles. The van der Waals surface area contributed by atoms with Gasteiger partial charge in [0.1, 0.15) is 11.3 Å². The van der Waals surface area contributed by atoms with Crippen molar-refractivity contribution in [3.63, 3.8) is 0 Å². The third-order valence-electron chi connectivity index (χ3n) is 2.99. The molecule has 6 heteroatoms. The molecule has 0 aliphatic rings. The molecule has 5 N–H and O–H groups in total. The third-order valence-corrected chi connectivity index (χ3v) is 2.99. The van der Waals surface area contributed by atoms with Crippen molar-refractivity contribution in [3.05, 3.63) is 36.1 Å². The molecule has 2 aromatic rings. The number of primary amides is 1. The van der Waals surface area contributed by atoms with Gasteiger partial charge in [-0.3, -0.25) is 9.59 Å². The van der Waals surface area contributed by atoms with Crippen LogP contribution in [-0.2, 0) is 9.59 Å². The van der Waals surface area contributed by atoms with Gasteiger partial charge in [-0.25, -0.2) is 0 Å². The van der Waals surface area contributed by atoms with Crippen molar-refractivity contribution in [2.75, 3.05) is 0 Å². The van der Waals surface area contributed by atoms with Crippen LogP contribution >= 0.6 is 0 Å². The molecular weight excluding hydrogens is 258 g/mol. The lowest BCUT2D eigenvalue weighted by atomic mass is 10.1. The van der Waals surface area contributed by atoms with Crippen LogP contribution < -0.4 is 16.8 Å². The van der Waals surface area contributed by atoms with Crippen LogP contribution in [0.4, 0.5) is 0 Å². The van der Waals surface area contributed by atoms with E-state index < -0.39 is 17.9 Å². The van der Waals surface area contributed by atoms with E-state index in [1.54, 1.807) is 6.92 Å². The van der Waals surface area contributed by atoms with E-state index in [0.717, 1.165) is 11.0 Å². The minimum atomic E-state index is -0.945. The standard InChI is InChI=1S/C14H17N3O3/c1-8(17-14(19)10(15)7-13(16)18)12-6-9-4-2-3-5-11(9)20-12/h2-6,8,10H,7,15H2,1H3,(H2,16,18)(H,17,19). The lowest BCUT2D eigenvalue weighted by Crippen LogP contribution is -2.43. The quantitative estimate of drug-likeness (QED) is 0.749. The molecule has 1 aromatic heterocycles. The van der Waals surface area contributed by atoms with E-state index in [1.807, 2.05) is 30.3 Å². The van der Waals surface area contributed by atoms with Gasteiger partial charge in [0.2, 0.25) is 11.8 Å². The first-order valence-corrected chi connectivity index (χ1v) is 6.30. The Morgan fingerprint density at radius 1 is 1.35 bits per heavy atom. The van der Waals surface area contributed by atoms with E-state index in [2.05, 4.69) is 5.32 Å². The minimum absolute atomic E-state index is 0.182. The Labute approximate surface area is 116 Å². The van der Waals surface area contributed by atoms with Gasteiger partial charge in [0, 0.05) is 5.39 Å². The number of carbonyl (C=O) groups excluding carboxylic acids is 2. The highest BCUT2D eigenvalue weighted by atomic mass is 16.3. The maximum atomic E-state index is 11.8. The average Bonchev–Trinajstić information content (AvgIpc) is 2.81. The van der Waals surface area contributed by atoms with Crippen LogP contribution in [0, 0.1) is 0 Å². The number of hydrogen-bond acceptors (Lipinski definition) is 4. The van der Waals surface area contributed by atoms with Gasteiger partial charge >= 0.3 is 0 Å². The lowest BCUT2D eigenvalue weighted by Gasteiger charge is -2.14. The maximum Gasteiger partial charge on any atom is 0.238 e. The van der Waals surface area contributed by atoms with Crippen LogP contribution in [0.1, 0.15) is 25.1 Å². The van der Waals surface area contributed by atoms with E-state index in [0.29, 0.717) is 5.76 Å². The second kappa shape index (κ2) is 5.75. The van der Waals surface area contributed by atoms with Crippen molar-refractivity contribution in [3.8, 4) is 0 Å². The van der Waals surface area contributed by atoms with Crippen molar-refractivity contribution in [2.45, 2.75) is 25.4 Å². The predicted molar refractivity (Wildman–Crippen MR) is 74.6 cm³/mol. The number of nitrogens with one attached hydrogen (secondary N) is 1. The number of fused-ring (bicyclic) bond motifs is 1. The molecule has 2 atom stereocenters. The van der Waals surface area contributed by atoms with Crippen molar-refractivity contribution < 1.29 is 14.0 Å². The maximum absolute atomic E-state index is 11.8. The Morgan fingerprint density at radius 2 is 2.05 bits per heavy atom. The molecule has 6 nitrogen and oxygen atoms in total. The third kappa shape index (κ3) is 3.16. The second-order valence-corrected chi connectivity index (χ2v) is 4.69. The number of amides is 2. The fourth-order valence-corrected chi connectivity index (χ4v) is 1.92. The molecule has 2 rings (SSSR count). The summed E-state index contributed by atoms with van der Waals surface area (Å²) < 4.78 is 5.64. The summed E-state index contributed by atoms with van der Waals surface area (Å²) in [6, 6.07) is 8.14.